The molecule has 0 aromatic heterocycles. The molecule has 0 spiro atoms. The Morgan fingerprint density at radius 2 is 1.75 bits per heavy atom. The lowest BCUT2D eigenvalue weighted by Gasteiger charge is -2.21. The van der Waals surface area contributed by atoms with E-state index in [4.69, 9.17) is 0 Å². The molecular weight excluding hydrogens is 322 g/mol. The molecule has 0 saturated heterocycles. The van der Waals surface area contributed by atoms with Gasteiger partial charge in [0.25, 0.3) is 0 Å². The number of aliphatic hydroxyl groups excluding tert-OH is 1. The van der Waals surface area contributed by atoms with E-state index in [9.17, 15) is 14.1 Å². The van der Waals surface area contributed by atoms with Crippen molar-refractivity contribution in [3.8, 4) is 0 Å². The molecule has 3 atom stereocenters. The third kappa shape index (κ3) is 5.67. The Labute approximate surface area is 145 Å². The number of carbonyl (C=O) groups is 1. The number of carbonyl (C=O) groups excluding carboxylic acids is 1. The molecule has 0 aliphatic heterocycles. The van der Waals surface area contributed by atoms with E-state index in [1.807, 2.05) is 61.5 Å². The number of nitrogens with one attached hydrogen (secondary N) is 1. The SMILES string of the molecule is CC(=O)C[C@@H](O)C[C@@H](NS(=O)c1ccc(C)cc1)c1ccccc1. The van der Waals surface area contributed by atoms with E-state index in [2.05, 4.69) is 4.72 Å². The van der Waals surface area contributed by atoms with Crippen molar-refractivity contribution in [3.05, 3.63) is 65.7 Å². The lowest BCUT2D eigenvalue weighted by Crippen LogP contribution is -2.28. The third-order valence-corrected chi connectivity index (χ3v) is 4.92. The van der Waals surface area contributed by atoms with E-state index < -0.39 is 17.1 Å². The van der Waals surface area contributed by atoms with Gasteiger partial charge < -0.3 is 5.11 Å². The Balaban J connectivity index is 2.14. The maximum atomic E-state index is 12.6. The van der Waals surface area contributed by atoms with Crippen LogP contribution in [0, 0.1) is 6.92 Å². The highest BCUT2D eigenvalue weighted by Crippen LogP contribution is 2.22. The molecule has 2 aromatic carbocycles. The second-order valence-corrected chi connectivity index (χ2v) is 7.20. The first-order valence-corrected chi connectivity index (χ1v) is 9.07. The molecule has 0 bridgehead atoms. The summed E-state index contributed by atoms with van der Waals surface area (Å²) >= 11 is 0. The van der Waals surface area contributed by atoms with Gasteiger partial charge in [-0.15, -0.1) is 0 Å². The molecule has 2 N–H and O–H groups in total. The molecule has 0 saturated carbocycles. The fourth-order valence-electron chi connectivity index (χ4n) is 2.48. The third-order valence-electron chi connectivity index (χ3n) is 3.72. The number of ketones is 1. The zero-order valence-corrected chi connectivity index (χ0v) is 14.8. The summed E-state index contributed by atoms with van der Waals surface area (Å²) in [5, 5.41) is 10.1. The number of hydrogen-bond acceptors (Lipinski definition) is 3. The Hall–Kier alpha value is -1.82. The molecule has 0 aliphatic rings. The van der Waals surface area contributed by atoms with Crippen molar-refractivity contribution < 1.29 is 14.1 Å². The zero-order chi connectivity index (χ0) is 17.5. The van der Waals surface area contributed by atoms with Crippen molar-refractivity contribution in [1.29, 1.82) is 0 Å². The smallest absolute Gasteiger partial charge is 0.132 e. The van der Waals surface area contributed by atoms with Crippen LogP contribution in [0.3, 0.4) is 0 Å². The van der Waals surface area contributed by atoms with Crippen LogP contribution in [0.4, 0.5) is 0 Å². The van der Waals surface area contributed by atoms with Crippen LogP contribution >= 0.6 is 0 Å². The maximum Gasteiger partial charge on any atom is 0.132 e. The van der Waals surface area contributed by atoms with E-state index in [0.717, 1.165) is 11.1 Å². The number of hydrogen-bond donors (Lipinski definition) is 2. The molecule has 2 aromatic rings. The zero-order valence-electron chi connectivity index (χ0n) is 13.9. The Morgan fingerprint density at radius 3 is 2.33 bits per heavy atom. The first-order chi connectivity index (χ1) is 11.5. The van der Waals surface area contributed by atoms with Crippen molar-refractivity contribution >= 4 is 16.8 Å². The molecule has 0 heterocycles. The van der Waals surface area contributed by atoms with Gasteiger partial charge in [-0.3, -0.25) is 4.79 Å². The number of rotatable bonds is 8. The fraction of sp³-hybridized carbons (Fsp3) is 0.316. The molecule has 2 rings (SSSR count). The van der Waals surface area contributed by atoms with Gasteiger partial charge in [0.15, 0.2) is 0 Å². The highest BCUT2D eigenvalue weighted by molar-refractivity contribution is 7.83. The average molecular weight is 345 g/mol. The first-order valence-electron chi connectivity index (χ1n) is 7.92. The number of aryl methyl sites for hydroxylation is 1. The van der Waals surface area contributed by atoms with E-state index in [-0.39, 0.29) is 18.2 Å². The second-order valence-electron chi connectivity index (χ2n) is 5.96. The predicted octanol–water partition coefficient (Wildman–Crippen LogP) is 3.08. The highest BCUT2D eigenvalue weighted by Gasteiger charge is 2.20. The summed E-state index contributed by atoms with van der Waals surface area (Å²) in [4.78, 5) is 11.9. The number of aliphatic hydroxyl groups is 1. The van der Waals surface area contributed by atoms with Crippen LogP contribution in [0.2, 0.25) is 0 Å². The highest BCUT2D eigenvalue weighted by atomic mass is 32.2. The van der Waals surface area contributed by atoms with Gasteiger partial charge in [0.1, 0.15) is 16.8 Å². The van der Waals surface area contributed by atoms with E-state index in [0.29, 0.717) is 11.3 Å². The maximum absolute atomic E-state index is 12.6. The van der Waals surface area contributed by atoms with Crippen LogP contribution in [0.1, 0.15) is 36.9 Å². The van der Waals surface area contributed by atoms with E-state index in [1.54, 1.807) is 0 Å². The Morgan fingerprint density at radius 1 is 1.12 bits per heavy atom. The lowest BCUT2D eigenvalue weighted by molar-refractivity contribution is -0.118. The molecule has 0 aliphatic carbocycles. The van der Waals surface area contributed by atoms with Crippen LogP contribution in [0.5, 0.6) is 0 Å². The summed E-state index contributed by atoms with van der Waals surface area (Å²) in [5.41, 5.74) is 2.04. The van der Waals surface area contributed by atoms with Gasteiger partial charge in [0.2, 0.25) is 0 Å². The number of Topliss-reactive ketones (excluding diaryl/α,β-unsaturated/α-hetero) is 1. The van der Waals surface area contributed by atoms with Crippen molar-refractivity contribution in [2.75, 3.05) is 0 Å². The molecule has 0 radical (unpaired) electrons. The lowest BCUT2D eigenvalue weighted by atomic mass is 9.99. The molecule has 4 nitrogen and oxygen atoms in total. The van der Waals surface area contributed by atoms with Gasteiger partial charge in [0.05, 0.1) is 11.0 Å². The van der Waals surface area contributed by atoms with Crippen LogP contribution < -0.4 is 4.72 Å². The summed E-state index contributed by atoms with van der Waals surface area (Å²) in [7, 11) is -1.40. The van der Waals surface area contributed by atoms with E-state index >= 15 is 0 Å². The van der Waals surface area contributed by atoms with Gasteiger partial charge >= 0.3 is 0 Å². The van der Waals surface area contributed by atoms with Gasteiger partial charge in [-0.25, -0.2) is 8.93 Å². The van der Waals surface area contributed by atoms with Gasteiger partial charge in [-0.1, -0.05) is 48.0 Å². The number of benzene rings is 2. The largest absolute Gasteiger partial charge is 0.393 e. The first kappa shape index (κ1) is 18.5. The van der Waals surface area contributed by atoms with Crippen molar-refractivity contribution in [3.63, 3.8) is 0 Å². The van der Waals surface area contributed by atoms with Crippen LogP contribution in [0.25, 0.3) is 0 Å². The van der Waals surface area contributed by atoms with Crippen LogP contribution in [-0.4, -0.2) is 21.2 Å². The minimum atomic E-state index is -1.40. The monoisotopic (exact) mass is 345 g/mol. The van der Waals surface area contributed by atoms with Crippen molar-refractivity contribution in [2.24, 2.45) is 0 Å². The summed E-state index contributed by atoms with van der Waals surface area (Å²) < 4.78 is 15.7. The molecule has 0 amide bonds. The summed E-state index contributed by atoms with van der Waals surface area (Å²) in [6.07, 6.45) is -0.348. The molecule has 1 unspecified atom stereocenters. The molecular formula is C19H23NO3S. The minimum absolute atomic E-state index is 0.0611. The Bertz CT molecular complexity index is 686. The average Bonchev–Trinajstić information content (AvgIpc) is 2.55. The molecule has 5 heteroatoms. The summed E-state index contributed by atoms with van der Waals surface area (Å²) in [6, 6.07) is 16.7. The minimum Gasteiger partial charge on any atom is -0.393 e. The molecule has 24 heavy (non-hydrogen) atoms. The van der Waals surface area contributed by atoms with E-state index in [1.165, 1.54) is 6.92 Å². The standard InChI is InChI=1S/C19H23NO3S/c1-14-8-10-18(11-9-14)24(23)20-19(13-17(22)12-15(2)21)16-6-4-3-5-7-16/h3-11,17,19-20,22H,12-13H2,1-2H3/t17-,19-,24?/m1/s1. The quantitative estimate of drug-likeness (QED) is 0.773. The van der Waals surface area contributed by atoms with Crippen molar-refractivity contribution in [1.82, 2.24) is 4.72 Å². The molecule has 0 fully saturated rings. The van der Waals surface area contributed by atoms with Gasteiger partial charge in [0, 0.05) is 12.5 Å². The van der Waals surface area contributed by atoms with Gasteiger partial charge in [-0.2, -0.15) is 0 Å². The van der Waals surface area contributed by atoms with Crippen molar-refractivity contribution in [2.45, 2.75) is 43.7 Å². The normalized spacial score (nSPS) is 14.8. The fourth-order valence-corrected chi connectivity index (χ4v) is 3.49. The predicted molar refractivity (Wildman–Crippen MR) is 95.8 cm³/mol. The summed E-state index contributed by atoms with van der Waals surface area (Å²) in [5.74, 6) is -0.0611. The van der Waals surface area contributed by atoms with Crippen LogP contribution in [0.15, 0.2) is 59.5 Å². The Kier molecular flexibility index (Phi) is 6.85. The van der Waals surface area contributed by atoms with Gasteiger partial charge in [-0.05, 0) is 38.0 Å². The van der Waals surface area contributed by atoms with Crippen LogP contribution in [-0.2, 0) is 15.8 Å². The second kappa shape index (κ2) is 8.87. The molecule has 128 valence electrons. The summed E-state index contributed by atoms with van der Waals surface area (Å²) in [6.45, 7) is 3.43. The topological polar surface area (TPSA) is 66.4 Å².